The van der Waals surface area contributed by atoms with Crippen molar-refractivity contribution in [2.24, 2.45) is 0 Å². The minimum Gasteiger partial charge on any atom is -0.481 e. The van der Waals surface area contributed by atoms with E-state index in [0.29, 0.717) is 0 Å². The highest BCUT2D eigenvalue weighted by Crippen LogP contribution is 1.91. The van der Waals surface area contributed by atoms with E-state index in [1.165, 1.54) is 4.90 Å². The molecule has 0 aromatic carbocycles. The van der Waals surface area contributed by atoms with Crippen molar-refractivity contribution in [1.82, 2.24) is 4.90 Å². The number of aliphatic carboxylic acids is 1. The van der Waals surface area contributed by atoms with E-state index < -0.39 is 5.97 Å². The fourth-order valence-corrected chi connectivity index (χ4v) is 0.579. The van der Waals surface area contributed by atoms with Crippen LogP contribution in [0.15, 0.2) is 0 Å². The van der Waals surface area contributed by atoms with Crippen LogP contribution in [0.5, 0.6) is 0 Å². The Kier molecular flexibility index (Phi) is 4.26. The number of hydrogen-bond donors (Lipinski definition) is 1. The Morgan fingerprint density at radius 1 is 1.55 bits per heavy atom. The zero-order valence-electron chi connectivity index (χ0n) is 6.54. The van der Waals surface area contributed by atoms with Crippen LogP contribution in [0.25, 0.3) is 0 Å². The maximum absolute atomic E-state index is 10.8. The van der Waals surface area contributed by atoms with Crippen LogP contribution in [0.1, 0.15) is 12.8 Å². The van der Waals surface area contributed by atoms with Crippen LogP contribution in [0.4, 0.5) is 0 Å². The summed E-state index contributed by atoms with van der Waals surface area (Å²) in [6.45, 7) is 3.65. The summed E-state index contributed by atoms with van der Waals surface area (Å²) >= 11 is 0. The van der Waals surface area contributed by atoms with E-state index in [-0.39, 0.29) is 25.3 Å². The maximum atomic E-state index is 10.8. The van der Waals surface area contributed by atoms with E-state index >= 15 is 0 Å². The number of hydrogen-bond acceptors (Lipinski definition) is 2. The number of carbonyl (C=O) groups is 2. The van der Waals surface area contributed by atoms with Gasteiger partial charge in [0, 0.05) is 20.0 Å². The summed E-state index contributed by atoms with van der Waals surface area (Å²) in [4.78, 5) is 22.2. The summed E-state index contributed by atoms with van der Waals surface area (Å²) in [5, 5.41) is 8.26. The van der Waals surface area contributed by atoms with Crippen molar-refractivity contribution >= 4 is 11.9 Å². The van der Waals surface area contributed by atoms with E-state index in [2.05, 4.69) is 6.92 Å². The second-order valence-electron chi connectivity index (χ2n) is 2.21. The minimum atomic E-state index is -0.895. The molecule has 1 N–H and O–H groups in total. The molecule has 0 aliphatic carbocycles. The van der Waals surface area contributed by atoms with Crippen LogP contribution in [0, 0.1) is 6.92 Å². The van der Waals surface area contributed by atoms with Gasteiger partial charge in [0.1, 0.15) is 0 Å². The molecule has 0 saturated carbocycles. The number of carbonyl (C=O) groups excluding carboxylic acids is 1. The number of carboxylic acid groups (broad SMARTS) is 1. The Bertz CT molecular complexity index is 156. The predicted molar refractivity (Wildman–Crippen MR) is 39.9 cm³/mol. The quantitative estimate of drug-likeness (QED) is 0.633. The average molecular weight is 158 g/mol. The highest BCUT2D eigenvalue weighted by molar-refractivity contribution is 5.77. The lowest BCUT2D eigenvalue weighted by molar-refractivity contribution is -0.138. The Morgan fingerprint density at radius 2 is 2.09 bits per heavy atom. The highest BCUT2D eigenvalue weighted by Gasteiger charge is 2.06. The smallest absolute Gasteiger partial charge is 0.305 e. The Balaban J connectivity index is 3.60. The van der Waals surface area contributed by atoms with Crippen molar-refractivity contribution in [2.75, 3.05) is 13.6 Å². The van der Waals surface area contributed by atoms with Gasteiger partial charge in [-0.3, -0.25) is 9.59 Å². The first kappa shape index (κ1) is 9.94. The summed E-state index contributed by atoms with van der Waals surface area (Å²) in [7, 11) is 1.57. The van der Waals surface area contributed by atoms with Crippen LogP contribution < -0.4 is 0 Å². The van der Waals surface area contributed by atoms with Crippen LogP contribution in [-0.4, -0.2) is 35.5 Å². The van der Waals surface area contributed by atoms with E-state index in [1.54, 1.807) is 7.05 Å². The number of amides is 1. The highest BCUT2D eigenvalue weighted by atomic mass is 16.4. The van der Waals surface area contributed by atoms with Crippen LogP contribution in [0.3, 0.4) is 0 Å². The first-order chi connectivity index (χ1) is 5.07. The summed E-state index contributed by atoms with van der Waals surface area (Å²) in [6.07, 6.45) is 0.165. The molecule has 0 aliphatic heterocycles. The third kappa shape index (κ3) is 4.36. The molecule has 63 valence electrons. The van der Waals surface area contributed by atoms with Gasteiger partial charge in [-0.05, 0) is 6.92 Å². The molecule has 1 amide bonds. The standard InChI is InChI=1S/C7H12NO3/c1-3-6(9)8(2)5-4-7(10)11/h1,3-5H2,2H3,(H,10,11). The van der Waals surface area contributed by atoms with Crippen molar-refractivity contribution in [1.29, 1.82) is 0 Å². The zero-order chi connectivity index (χ0) is 8.85. The number of carboxylic acids is 1. The van der Waals surface area contributed by atoms with Gasteiger partial charge in [0.25, 0.3) is 0 Å². The van der Waals surface area contributed by atoms with Crippen molar-refractivity contribution < 1.29 is 14.7 Å². The summed E-state index contributed by atoms with van der Waals surface area (Å²) in [5.74, 6) is -1.03. The van der Waals surface area contributed by atoms with Crippen molar-refractivity contribution in [3.63, 3.8) is 0 Å². The molecule has 0 rings (SSSR count). The molecule has 0 aromatic heterocycles. The van der Waals surface area contributed by atoms with Gasteiger partial charge in [0.2, 0.25) is 5.91 Å². The molecule has 0 spiro atoms. The van der Waals surface area contributed by atoms with Crippen LogP contribution in [0.2, 0.25) is 0 Å². The topological polar surface area (TPSA) is 57.6 Å². The summed E-state index contributed by atoms with van der Waals surface area (Å²) in [5.41, 5.74) is 0. The van der Waals surface area contributed by atoms with E-state index in [0.717, 1.165) is 0 Å². The molecule has 4 nitrogen and oxygen atoms in total. The van der Waals surface area contributed by atoms with Gasteiger partial charge < -0.3 is 10.0 Å². The van der Waals surface area contributed by atoms with Gasteiger partial charge in [0.05, 0.1) is 6.42 Å². The molecule has 0 bridgehead atoms. The number of nitrogens with zero attached hydrogens (tertiary/aromatic N) is 1. The first-order valence-corrected chi connectivity index (χ1v) is 3.33. The SMILES string of the molecule is [CH2]CC(=O)N(C)CCC(=O)O. The van der Waals surface area contributed by atoms with Gasteiger partial charge in [-0.25, -0.2) is 0 Å². The third-order valence-electron chi connectivity index (χ3n) is 1.30. The van der Waals surface area contributed by atoms with Crippen molar-refractivity contribution in [3.05, 3.63) is 6.92 Å². The molecule has 0 fully saturated rings. The molecule has 0 atom stereocenters. The van der Waals surface area contributed by atoms with Gasteiger partial charge in [-0.15, -0.1) is 0 Å². The van der Waals surface area contributed by atoms with E-state index in [9.17, 15) is 9.59 Å². The monoisotopic (exact) mass is 158 g/mol. The second kappa shape index (κ2) is 4.71. The summed E-state index contributed by atoms with van der Waals surface area (Å²) in [6, 6.07) is 0. The predicted octanol–water partition coefficient (Wildman–Crippen LogP) is 0.144. The Morgan fingerprint density at radius 3 is 2.45 bits per heavy atom. The second-order valence-corrected chi connectivity index (χ2v) is 2.21. The van der Waals surface area contributed by atoms with Gasteiger partial charge >= 0.3 is 5.97 Å². The fraction of sp³-hybridized carbons (Fsp3) is 0.571. The van der Waals surface area contributed by atoms with Crippen LogP contribution in [-0.2, 0) is 9.59 Å². The molecule has 11 heavy (non-hydrogen) atoms. The largest absolute Gasteiger partial charge is 0.481 e. The Hall–Kier alpha value is -1.06. The molecular weight excluding hydrogens is 146 g/mol. The molecular formula is C7H12NO3. The lowest BCUT2D eigenvalue weighted by atomic mass is 10.3. The summed E-state index contributed by atoms with van der Waals surface area (Å²) < 4.78 is 0. The first-order valence-electron chi connectivity index (χ1n) is 3.33. The van der Waals surface area contributed by atoms with Crippen molar-refractivity contribution in [3.8, 4) is 0 Å². The maximum Gasteiger partial charge on any atom is 0.305 e. The molecule has 4 heteroatoms. The van der Waals surface area contributed by atoms with E-state index in [1.807, 2.05) is 0 Å². The minimum absolute atomic E-state index is 0.0117. The lowest BCUT2D eigenvalue weighted by Crippen LogP contribution is -2.28. The zero-order valence-corrected chi connectivity index (χ0v) is 6.54. The van der Waals surface area contributed by atoms with E-state index in [4.69, 9.17) is 5.11 Å². The van der Waals surface area contributed by atoms with Gasteiger partial charge in [-0.1, -0.05) is 0 Å². The van der Waals surface area contributed by atoms with Gasteiger partial charge in [-0.2, -0.15) is 0 Å². The molecule has 1 radical (unpaired) electrons. The number of rotatable bonds is 4. The molecule has 0 aromatic rings. The fourth-order valence-electron chi connectivity index (χ4n) is 0.579. The normalized spacial score (nSPS) is 9.27. The lowest BCUT2D eigenvalue weighted by Gasteiger charge is -2.13. The molecule has 0 saturated heterocycles. The van der Waals surface area contributed by atoms with Gasteiger partial charge in [0.15, 0.2) is 0 Å². The molecule has 0 unspecified atom stereocenters. The Labute approximate surface area is 65.8 Å². The van der Waals surface area contributed by atoms with Crippen LogP contribution >= 0.6 is 0 Å². The third-order valence-corrected chi connectivity index (χ3v) is 1.30. The molecule has 0 aliphatic rings. The average Bonchev–Trinajstić information content (AvgIpc) is 1.98. The van der Waals surface area contributed by atoms with Crippen molar-refractivity contribution in [2.45, 2.75) is 12.8 Å². The molecule has 0 heterocycles.